The highest BCUT2D eigenvalue weighted by molar-refractivity contribution is 9.09. The molecule has 2 fully saturated rings. The zero-order valence-corrected chi connectivity index (χ0v) is 10.1. The minimum absolute atomic E-state index is 0.400. The van der Waals surface area contributed by atoms with Crippen molar-refractivity contribution in [1.82, 2.24) is 4.90 Å². The van der Waals surface area contributed by atoms with Crippen molar-refractivity contribution < 1.29 is 4.79 Å². The molecule has 2 rings (SSSR count). The Labute approximate surface area is 94.2 Å². The number of halogens is 1. The Balaban J connectivity index is 1.87. The molecule has 1 unspecified atom stereocenters. The highest BCUT2D eigenvalue weighted by Crippen LogP contribution is 2.33. The maximum atomic E-state index is 11.9. The van der Waals surface area contributed by atoms with Crippen molar-refractivity contribution in [3.63, 3.8) is 0 Å². The third kappa shape index (κ3) is 2.50. The van der Waals surface area contributed by atoms with E-state index >= 15 is 0 Å². The molecule has 80 valence electrons. The van der Waals surface area contributed by atoms with Crippen molar-refractivity contribution in [3.8, 4) is 0 Å². The van der Waals surface area contributed by atoms with E-state index in [1.54, 1.807) is 0 Å². The van der Waals surface area contributed by atoms with Crippen LogP contribution in [0.1, 0.15) is 38.5 Å². The van der Waals surface area contributed by atoms with Gasteiger partial charge in [-0.05, 0) is 38.0 Å². The highest BCUT2D eigenvalue weighted by atomic mass is 79.9. The van der Waals surface area contributed by atoms with E-state index in [-0.39, 0.29) is 0 Å². The van der Waals surface area contributed by atoms with Gasteiger partial charge in [0.1, 0.15) is 0 Å². The summed E-state index contributed by atoms with van der Waals surface area (Å²) in [5.74, 6) is 1.12. The molecule has 2 nitrogen and oxygen atoms in total. The number of hydrogen-bond acceptors (Lipinski definition) is 1. The summed E-state index contributed by atoms with van der Waals surface area (Å²) in [6.45, 7) is 0.988. The van der Waals surface area contributed by atoms with Crippen LogP contribution in [0.15, 0.2) is 0 Å². The van der Waals surface area contributed by atoms with Crippen molar-refractivity contribution in [2.75, 3.05) is 11.9 Å². The summed E-state index contributed by atoms with van der Waals surface area (Å²) in [4.78, 5) is 14.0. The average Bonchev–Trinajstić information content (AvgIpc) is 3.01. The molecule has 1 aliphatic carbocycles. The first-order valence-electron chi connectivity index (χ1n) is 5.66. The van der Waals surface area contributed by atoms with Gasteiger partial charge in [0, 0.05) is 24.3 Å². The van der Waals surface area contributed by atoms with Gasteiger partial charge in [0.15, 0.2) is 0 Å². The Bertz CT molecular complexity index is 215. The molecule has 0 radical (unpaired) electrons. The standard InChI is InChI=1S/C11H18BrNO/c12-8-10-3-1-2-6-13(10)11(14)7-9-4-5-9/h9-10H,1-8H2. The Kier molecular flexibility index (Phi) is 3.47. The number of carbonyl (C=O) groups excluding carboxylic acids is 1. The largest absolute Gasteiger partial charge is 0.339 e. The summed E-state index contributed by atoms with van der Waals surface area (Å²) in [5, 5.41) is 0.948. The monoisotopic (exact) mass is 259 g/mol. The maximum absolute atomic E-state index is 11.9. The van der Waals surface area contributed by atoms with Crippen LogP contribution < -0.4 is 0 Å². The second-order valence-electron chi connectivity index (χ2n) is 4.54. The van der Waals surface area contributed by atoms with Crippen LogP contribution in [0.25, 0.3) is 0 Å². The fraction of sp³-hybridized carbons (Fsp3) is 0.909. The van der Waals surface area contributed by atoms with Gasteiger partial charge in [-0.1, -0.05) is 15.9 Å². The summed E-state index contributed by atoms with van der Waals surface area (Å²) in [6, 6.07) is 0.468. The third-order valence-corrected chi connectivity index (χ3v) is 4.03. The van der Waals surface area contributed by atoms with Gasteiger partial charge < -0.3 is 4.90 Å². The molecule has 1 saturated heterocycles. The van der Waals surface area contributed by atoms with E-state index in [0.29, 0.717) is 11.9 Å². The van der Waals surface area contributed by atoms with E-state index in [2.05, 4.69) is 20.8 Å². The van der Waals surface area contributed by atoms with Gasteiger partial charge >= 0.3 is 0 Å². The van der Waals surface area contributed by atoms with Crippen LogP contribution in [0.4, 0.5) is 0 Å². The quantitative estimate of drug-likeness (QED) is 0.714. The number of rotatable bonds is 3. The number of piperidine rings is 1. The van der Waals surface area contributed by atoms with Gasteiger partial charge in [-0.2, -0.15) is 0 Å². The molecule has 0 aromatic rings. The minimum Gasteiger partial charge on any atom is -0.339 e. The molecule has 3 heteroatoms. The fourth-order valence-corrected chi connectivity index (χ4v) is 2.85. The van der Waals surface area contributed by atoms with E-state index in [0.717, 1.165) is 24.2 Å². The van der Waals surface area contributed by atoms with Crippen LogP contribution in [0.3, 0.4) is 0 Å². The van der Waals surface area contributed by atoms with Gasteiger partial charge in [-0.15, -0.1) is 0 Å². The molecule has 0 aromatic heterocycles. The molecule has 1 atom stereocenters. The first-order valence-corrected chi connectivity index (χ1v) is 6.79. The molecule has 1 heterocycles. The molecule has 1 amide bonds. The Morgan fingerprint density at radius 1 is 1.29 bits per heavy atom. The minimum atomic E-state index is 0.400. The molecule has 0 aromatic carbocycles. The highest BCUT2D eigenvalue weighted by Gasteiger charge is 2.30. The number of carbonyl (C=O) groups is 1. The molecular weight excluding hydrogens is 242 g/mol. The topological polar surface area (TPSA) is 20.3 Å². The molecule has 2 aliphatic rings. The Morgan fingerprint density at radius 2 is 2.07 bits per heavy atom. The third-order valence-electron chi connectivity index (χ3n) is 3.29. The molecule has 0 N–H and O–H groups in total. The van der Waals surface area contributed by atoms with Crippen LogP contribution in [-0.4, -0.2) is 28.7 Å². The van der Waals surface area contributed by atoms with Crippen molar-refractivity contribution in [3.05, 3.63) is 0 Å². The van der Waals surface area contributed by atoms with Crippen LogP contribution in [-0.2, 0) is 4.79 Å². The van der Waals surface area contributed by atoms with Crippen molar-refractivity contribution >= 4 is 21.8 Å². The number of nitrogens with zero attached hydrogens (tertiary/aromatic N) is 1. The first kappa shape index (κ1) is 10.5. The summed E-state index contributed by atoms with van der Waals surface area (Å²) >= 11 is 3.51. The smallest absolute Gasteiger partial charge is 0.223 e. The summed E-state index contributed by atoms with van der Waals surface area (Å²) in [6.07, 6.45) is 7.02. The van der Waals surface area contributed by atoms with E-state index in [9.17, 15) is 4.79 Å². The van der Waals surface area contributed by atoms with Crippen LogP contribution in [0, 0.1) is 5.92 Å². The lowest BCUT2D eigenvalue weighted by atomic mass is 10.0. The lowest BCUT2D eigenvalue weighted by Crippen LogP contribution is -2.44. The second kappa shape index (κ2) is 4.65. The number of hydrogen-bond donors (Lipinski definition) is 0. The number of likely N-dealkylation sites (tertiary alicyclic amines) is 1. The fourth-order valence-electron chi connectivity index (χ4n) is 2.18. The average molecular weight is 260 g/mol. The van der Waals surface area contributed by atoms with Gasteiger partial charge in [-0.3, -0.25) is 4.79 Å². The Morgan fingerprint density at radius 3 is 2.71 bits per heavy atom. The predicted octanol–water partition coefficient (Wildman–Crippen LogP) is 2.56. The van der Waals surface area contributed by atoms with Crippen molar-refractivity contribution in [2.24, 2.45) is 5.92 Å². The normalized spacial score (nSPS) is 27.8. The molecule has 1 aliphatic heterocycles. The second-order valence-corrected chi connectivity index (χ2v) is 5.19. The lowest BCUT2D eigenvalue weighted by Gasteiger charge is -2.34. The molecular formula is C11H18BrNO. The Hall–Kier alpha value is -0.0500. The van der Waals surface area contributed by atoms with Crippen molar-refractivity contribution in [2.45, 2.75) is 44.6 Å². The van der Waals surface area contributed by atoms with Crippen LogP contribution >= 0.6 is 15.9 Å². The maximum Gasteiger partial charge on any atom is 0.223 e. The summed E-state index contributed by atoms with van der Waals surface area (Å²) < 4.78 is 0. The summed E-state index contributed by atoms with van der Waals surface area (Å²) in [5.41, 5.74) is 0. The van der Waals surface area contributed by atoms with Crippen LogP contribution in [0.2, 0.25) is 0 Å². The van der Waals surface area contributed by atoms with Gasteiger partial charge in [0.05, 0.1) is 0 Å². The molecule has 1 saturated carbocycles. The van der Waals surface area contributed by atoms with E-state index in [1.807, 2.05) is 0 Å². The van der Waals surface area contributed by atoms with Crippen molar-refractivity contribution in [1.29, 1.82) is 0 Å². The van der Waals surface area contributed by atoms with Gasteiger partial charge in [-0.25, -0.2) is 0 Å². The first-order chi connectivity index (χ1) is 6.81. The molecule has 14 heavy (non-hydrogen) atoms. The van der Waals surface area contributed by atoms with Crippen LogP contribution in [0.5, 0.6) is 0 Å². The number of amides is 1. The van der Waals surface area contributed by atoms with E-state index < -0.39 is 0 Å². The van der Waals surface area contributed by atoms with E-state index in [1.165, 1.54) is 32.1 Å². The zero-order chi connectivity index (χ0) is 9.97. The summed E-state index contributed by atoms with van der Waals surface area (Å²) in [7, 11) is 0. The number of alkyl halides is 1. The van der Waals surface area contributed by atoms with E-state index in [4.69, 9.17) is 0 Å². The van der Waals surface area contributed by atoms with Gasteiger partial charge in [0.2, 0.25) is 5.91 Å². The molecule has 0 bridgehead atoms. The van der Waals surface area contributed by atoms with Gasteiger partial charge in [0.25, 0.3) is 0 Å². The molecule has 0 spiro atoms. The predicted molar refractivity (Wildman–Crippen MR) is 60.5 cm³/mol. The lowest BCUT2D eigenvalue weighted by molar-refractivity contribution is -0.134. The zero-order valence-electron chi connectivity index (χ0n) is 8.54. The SMILES string of the molecule is O=C(CC1CC1)N1CCCCC1CBr.